The number of hydrogen-bond acceptors (Lipinski definition) is 5. The predicted molar refractivity (Wildman–Crippen MR) is 121 cm³/mol. The number of methoxy groups -OCH3 is 2. The van der Waals surface area contributed by atoms with E-state index in [9.17, 15) is 9.90 Å². The molecule has 2 N–H and O–H groups in total. The molecule has 1 fully saturated rings. The third-order valence-electron chi connectivity index (χ3n) is 6.46. The molecule has 0 bridgehead atoms. The molecule has 0 spiro atoms. The number of phenols is 1. The summed E-state index contributed by atoms with van der Waals surface area (Å²) in [5.41, 5.74) is 3.70. The van der Waals surface area contributed by atoms with Gasteiger partial charge in [-0.15, -0.1) is 0 Å². The number of aromatic hydroxyl groups is 1. The average Bonchev–Trinajstić information content (AvgIpc) is 3.52. The van der Waals surface area contributed by atoms with Crippen LogP contribution in [0.4, 0.5) is 0 Å². The summed E-state index contributed by atoms with van der Waals surface area (Å²) in [6.45, 7) is 0. The van der Waals surface area contributed by atoms with Crippen LogP contribution in [0.2, 0.25) is 5.02 Å². The summed E-state index contributed by atoms with van der Waals surface area (Å²) in [7, 11) is 2.99. The van der Waals surface area contributed by atoms with Crippen molar-refractivity contribution in [3.05, 3.63) is 58.2 Å². The minimum absolute atomic E-state index is 0.0596. The van der Waals surface area contributed by atoms with E-state index in [0.29, 0.717) is 27.9 Å². The molecule has 166 valence electrons. The first-order valence-corrected chi connectivity index (χ1v) is 11.0. The molecule has 1 aliphatic heterocycles. The van der Waals surface area contributed by atoms with Gasteiger partial charge in [-0.25, -0.2) is 0 Å². The van der Waals surface area contributed by atoms with E-state index in [2.05, 4.69) is 10.2 Å². The number of aromatic amines is 1. The molecule has 8 heteroatoms. The zero-order valence-electron chi connectivity index (χ0n) is 17.9. The first-order valence-electron chi connectivity index (χ1n) is 10.6. The third kappa shape index (κ3) is 3.19. The first kappa shape index (κ1) is 20.7. The number of rotatable bonds is 5. The lowest BCUT2D eigenvalue weighted by molar-refractivity contribution is 0.0659. The largest absolute Gasteiger partial charge is 0.502 e. The monoisotopic (exact) mass is 453 g/mol. The standard InChI is InChI=1S/C24H24ClN3O4/c1-31-17-11-14(12-18(32-2)23(17)29)22-19-20(13-7-9-15(25)10-8-13)26-27-21(19)24(30)28(22)16-5-3-4-6-16/h7-12,16,22,29H,3-6H2,1-2H3,(H,26,27). The minimum Gasteiger partial charge on any atom is -0.502 e. The number of aromatic nitrogens is 2. The van der Waals surface area contributed by atoms with E-state index in [1.165, 1.54) is 14.2 Å². The summed E-state index contributed by atoms with van der Waals surface area (Å²) in [5, 5.41) is 18.6. The van der Waals surface area contributed by atoms with Gasteiger partial charge in [-0.05, 0) is 42.7 Å². The van der Waals surface area contributed by atoms with Gasteiger partial charge in [0, 0.05) is 22.2 Å². The Balaban J connectivity index is 1.71. The highest BCUT2D eigenvalue weighted by Crippen LogP contribution is 2.49. The zero-order chi connectivity index (χ0) is 22.4. The Hall–Kier alpha value is -3.19. The summed E-state index contributed by atoms with van der Waals surface area (Å²) < 4.78 is 10.8. The molecule has 5 rings (SSSR count). The van der Waals surface area contributed by atoms with Gasteiger partial charge in [0.1, 0.15) is 5.69 Å². The van der Waals surface area contributed by atoms with E-state index >= 15 is 0 Å². The number of carbonyl (C=O) groups excluding carboxylic acids is 1. The molecule has 1 atom stereocenters. The van der Waals surface area contributed by atoms with Gasteiger partial charge in [-0.2, -0.15) is 5.10 Å². The Labute approximate surface area is 190 Å². The quantitative estimate of drug-likeness (QED) is 0.571. The SMILES string of the molecule is COc1cc(C2c3c(-c4ccc(Cl)cc4)n[nH]c3C(=O)N2C2CCCC2)cc(OC)c1O. The Kier molecular flexibility index (Phi) is 5.21. The lowest BCUT2D eigenvalue weighted by atomic mass is 9.94. The second-order valence-corrected chi connectivity index (χ2v) is 8.63. The average molecular weight is 454 g/mol. The molecular weight excluding hydrogens is 430 g/mol. The number of halogens is 1. The molecule has 7 nitrogen and oxygen atoms in total. The van der Waals surface area contributed by atoms with E-state index in [1.807, 2.05) is 29.2 Å². The number of nitrogens with zero attached hydrogens (tertiary/aromatic N) is 2. The normalized spacial score (nSPS) is 18.3. The fourth-order valence-electron chi connectivity index (χ4n) is 4.95. The van der Waals surface area contributed by atoms with Crippen LogP contribution in [-0.4, -0.2) is 46.4 Å². The molecule has 2 aromatic carbocycles. The van der Waals surface area contributed by atoms with Crippen LogP contribution in [0.25, 0.3) is 11.3 Å². The fraction of sp³-hybridized carbons (Fsp3) is 0.333. The predicted octanol–water partition coefficient (Wildman–Crippen LogP) is 4.94. The molecule has 1 saturated carbocycles. The number of benzene rings is 2. The van der Waals surface area contributed by atoms with Crippen LogP contribution in [0.1, 0.15) is 53.3 Å². The number of phenolic OH excluding ortho intramolecular Hbond substituents is 1. The highest BCUT2D eigenvalue weighted by molar-refractivity contribution is 6.30. The maximum Gasteiger partial charge on any atom is 0.273 e. The van der Waals surface area contributed by atoms with Gasteiger partial charge in [0.05, 0.1) is 26.0 Å². The maximum atomic E-state index is 13.6. The smallest absolute Gasteiger partial charge is 0.273 e. The molecule has 1 aromatic heterocycles. The Morgan fingerprint density at radius 2 is 1.72 bits per heavy atom. The molecule has 1 unspecified atom stereocenters. The van der Waals surface area contributed by atoms with Crippen LogP contribution < -0.4 is 9.47 Å². The number of carbonyl (C=O) groups is 1. The van der Waals surface area contributed by atoms with Gasteiger partial charge < -0.3 is 19.5 Å². The van der Waals surface area contributed by atoms with Crippen molar-refractivity contribution in [2.24, 2.45) is 0 Å². The molecule has 1 amide bonds. The van der Waals surface area contributed by atoms with Gasteiger partial charge in [0.25, 0.3) is 5.91 Å². The topological polar surface area (TPSA) is 87.7 Å². The minimum atomic E-state index is -0.381. The first-order chi connectivity index (χ1) is 15.5. The summed E-state index contributed by atoms with van der Waals surface area (Å²) in [6.07, 6.45) is 4.12. The number of fused-ring (bicyclic) bond motifs is 1. The number of amides is 1. The van der Waals surface area contributed by atoms with Crippen molar-refractivity contribution in [3.8, 4) is 28.5 Å². The van der Waals surface area contributed by atoms with Crippen LogP contribution in [0, 0.1) is 0 Å². The van der Waals surface area contributed by atoms with Gasteiger partial charge in [-0.1, -0.05) is 36.6 Å². The van der Waals surface area contributed by atoms with E-state index in [0.717, 1.165) is 42.4 Å². The van der Waals surface area contributed by atoms with Crippen molar-refractivity contribution in [1.29, 1.82) is 0 Å². The van der Waals surface area contributed by atoms with Crippen LogP contribution in [0.5, 0.6) is 17.2 Å². The van der Waals surface area contributed by atoms with E-state index < -0.39 is 0 Å². The number of ether oxygens (including phenoxy) is 2. The van der Waals surface area contributed by atoms with Crippen molar-refractivity contribution in [3.63, 3.8) is 0 Å². The molecule has 2 heterocycles. The van der Waals surface area contributed by atoms with E-state index in [4.69, 9.17) is 21.1 Å². The summed E-state index contributed by atoms with van der Waals surface area (Å²) in [4.78, 5) is 15.5. The molecule has 1 aliphatic carbocycles. The maximum absolute atomic E-state index is 13.6. The van der Waals surface area contributed by atoms with Crippen LogP contribution in [0.3, 0.4) is 0 Å². The molecule has 3 aromatic rings. The molecule has 32 heavy (non-hydrogen) atoms. The summed E-state index contributed by atoms with van der Waals surface area (Å²) in [5.74, 6) is 0.461. The summed E-state index contributed by atoms with van der Waals surface area (Å²) >= 11 is 6.09. The van der Waals surface area contributed by atoms with Crippen LogP contribution in [0.15, 0.2) is 36.4 Å². The van der Waals surface area contributed by atoms with Gasteiger partial charge >= 0.3 is 0 Å². The van der Waals surface area contributed by atoms with Gasteiger partial charge in [-0.3, -0.25) is 9.89 Å². The van der Waals surface area contributed by atoms with Crippen LogP contribution >= 0.6 is 11.6 Å². The van der Waals surface area contributed by atoms with E-state index in [1.54, 1.807) is 12.1 Å². The van der Waals surface area contributed by atoms with Crippen molar-refractivity contribution in [2.75, 3.05) is 14.2 Å². The molecular formula is C24H24ClN3O4. The second-order valence-electron chi connectivity index (χ2n) is 8.20. The number of hydrogen-bond donors (Lipinski definition) is 2. The summed E-state index contributed by atoms with van der Waals surface area (Å²) in [6, 6.07) is 10.7. The Bertz CT molecular complexity index is 1140. The van der Waals surface area contributed by atoms with Crippen LogP contribution in [-0.2, 0) is 0 Å². The van der Waals surface area contributed by atoms with E-state index in [-0.39, 0.29) is 23.7 Å². The van der Waals surface area contributed by atoms with Gasteiger partial charge in [0.15, 0.2) is 11.5 Å². The zero-order valence-corrected chi connectivity index (χ0v) is 18.6. The fourth-order valence-corrected chi connectivity index (χ4v) is 5.08. The highest BCUT2D eigenvalue weighted by atomic mass is 35.5. The molecule has 2 aliphatic rings. The highest BCUT2D eigenvalue weighted by Gasteiger charge is 2.46. The van der Waals surface area contributed by atoms with Gasteiger partial charge in [0.2, 0.25) is 5.75 Å². The van der Waals surface area contributed by atoms with Crippen molar-refractivity contribution in [1.82, 2.24) is 15.1 Å². The molecule has 0 saturated heterocycles. The third-order valence-corrected chi connectivity index (χ3v) is 6.71. The lowest BCUT2D eigenvalue weighted by Gasteiger charge is -2.32. The number of H-pyrrole nitrogens is 1. The Morgan fingerprint density at radius 3 is 2.31 bits per heavy atom. The lowest BCUT2D eigenvalue weighted by Crippen LogP contribution is -2.37. The second kappa shape index (κ2) is 8.06. The Morgan fingerprint density at radius 1 is 1.09 bits per heavy atom. The number of nitrogens with one attached hydrogen (secondary N) is 1. The van der Waals surface area contributed by atoms with Crippen molar-refractivity contribution in [2.45, 2.75) is 37.8 Å². The van der Waals surface area contributed by atoms with Crippen molar-refractivity contribution < 1.29 is 19.4 Å². The molecule has 0 radical (unpaired) electrons. The van der Waals surface area contributed by atoms with Crippen molar-refractivity contribution >= 4 is 17.5 Å².